The van der Waals surface area contributed by atoms with Gasteiger partial charge in [0.25, 0.3) is 0 Å². The zero-order chi connectivity index (χ0) is 9.45. The first-order valence-corrected chi connectivity index (χ1v) is 3.55. The Labute approximate surface area is 68.8 Å². The van der Waals surface area contributed by atoms with Crippen molar-refractivity contribution in [1.82, 2.24) is 5.48 Å². The molecule has 0 rings (SSSR count). The van der Waals surface area contributed by atoms with Gasteiger partial charge in [0.05, 0.1) is 6.61 Å². The molecular weight excluding hydrogens is 175 g/mol. The van der Waals surface area contributed by atoms with Gasteiger partial charge in [-0.15, -0.1) is 0 Å². The molecule has 0 unspecified atom stereocenters. The second kappa shape index (κ2) is 6.22. The molecule has 0 bridgehead atoms. The number of hydroxylamine groups is 1. The third-order valence-electron chi connectivity index (χ3n) is 0.890. The van der Waals surface area contributed by atoms with E-state index in [9.17, 15) is 13.2 Å². The molecule has 0 spiro atoms. The van der Waals surface area contributed by atoms with Gasteiger partial charge in [0, 0.05) is 13.2 Å². The largest absolute Gasteiger partial charge is 0.413 e. The Morgan fingerprint density at radius 2 is 2.00 bits per heavy atom. The van der Waals surface area contributed by atoms with E-state index in [1.54, 1.807) is 6.92 Å². The van der Waals surface area contributed by atoms with Crippen LogP contribution in [0.3, 0.4) is 0 Å². The molecule has 74 valence electrons. The summed E-state index contributed by atoms with van der Waals surface area (Å²) in [5.41, 5.74) is 2.13. The average molecular weight is 187 g/mol. The van der Waals surface area contributed by atoms with Crippen LogP contribution in [0.15, 0.2) is 0 Å². The fourth-order valence-electron chi connectivity index (χ4n) is 0.463. The molecular formula is C6H12F3NO2. The van der Waals surface area contributed by atoms with Crippen molar-refractivity contribution in [2.24, 2.45) is 0 Å². The van der Waals surface area contributed by atoms with Crippen molar-refractivity contribution in [3.05, 3.63) is 0 Å². The van der Waals surface area contributed by atoms with Crippen molar-refractivity contribution in [1.29, 1.82) is 0 Å². The van der Waals surface area contributed by atoms with E-state index in [-0.39, 0.29) is 6.54 Å². The minimum Gasteiger partial charge on any atom is -0.380 e. The summed E-state index contributed by atoms with van der Waals surface area (Å²) in [6.45, 7) is 1.66. The number of hydrogen-bond donors (Lipinski definition) is 1. The summed E-state index contributed by atoms with van der Waals surface area (Å²) in [6.07, 6.45) is -4.28. The Bertz CT molecular complexity index is 107. The Balaban J connectivity index is 3.01. The number of nitrogens with one attached hydrogen (secondary N) is 1. The zero-order valence-corrected chi connectivity index (χ0v) is 6.78. The molecule has 6 heteroatoms. The monoisotopic (exact) mass is 187 g/mol. The van der Waals surface area contributed by atoms with Gasteiger partial charge >= 0.3 is 6.18 Å². The fraction of sp³-hybridized carbons (Fsp3) is 1.00. The van der Waals surface area contributed by atoms with E-state index in [1.165, 1.54) is 0 Å². The first-order valence-electron chi connectivity index (χ1n) is 3.55. The lowest BCUT2D eigenvalue weighted by atomic mass is 10.7. The molecule has 0 radical (unpaired) electrons. The van der Waals surface area contributed by atoms with Crippen LogP contribution in [0.1, 0.15) is 6.92 Å². The fourth-order valence-corrected chi connectivity index (χ4v) is 0.463. The Morgan fingerprint density at radius 3 is 2.50 bits per heavy atom. The summed E-state index contributed by atoms with van der Waals surface area (Å²) in [7, 11) is 0. The second-order valence-electron chi connectivity index (χ2n) is 2.00. The predicted molar refractivity (Wildman–Crippen MR) is 36.5 cm³/mol. The number of hydrogen-bond acceptors (Lipinski definition) is 3. The maximum atomic E-state index is 11.4. The molecule has 0 atom stereocenters. The van der Waals surface area contributed by atoms with Crippen LogP contribution in [0.25, 0.3) is 0 Å². The molecule has 0 saturated heterocycles. The molecule has 0 amide bonds. The van der Waals surface area contributed by atoms with Crippen LogP contribution in [0.5, 0.6) is 0 Å². The normalized spacial score (nSPS) is 12.0. The summed E-state index contributed by atoms with van der Waals surface area (Å²) in [6, 6.07) is 0. The first-order chi connectivity index (χ1) is 5.56. The van der Waals surface area contributed by atoms with Gasteiger partial charge in [-0.25, -0.2) is 0 Å². The lowest BCUT2D eigenvalue weighted by Gasteiger charge is -2.07. The number of halogens is 3. The van der Waals surface area contributed by atoms with E-state index in [4.69, 9.17) is 4.74 Å². The SMILES string of the molecule is CCOCCNOCC(F)(F)F. The van der Waals surface area contributed by atoms with E-state index in [0.717, 1.165) is 0 Å². The first kappa shape index (κ1) is 11.7. The molecule has 3 nitrogen and oxygen atoms in total. The molecule has 0 aliphatic heterocycles. The minimum atomic E-state index is -4.28. The maximum Gasteiger partial charge on any atom is 0.413 e. The minimum absolute atomic E-state index is 0.254. The van der Waals surface area contributed by atoms with Gasteiger partial charge in [-0.2, -0.15) is 18.7 Å². The van der Waals surface area contributed by atoms with Crippen LogP contribution in [0.2, 0.25) is 0 Å². The van der Waals surface area contributed by atoms with Crippen molar-refractivity contribution in [2.75, 3.05) is 26.4 Å². The quantitative estimate of drug-likeness (QED) is 0.499. The van der Waals surface area contributed by atoms with Crippen molar-refractivity contribution in [2.45, 2.75) is 13.1 Å². The van der Waals surface area contributed by atoms with Crippen LogP contribution in [-0.2, 0) is 9.57 Å². The molecule has 0 aromatic carbocycles. The number of alkyl halides is 3. The van der Waals surface area contributed by atoms with Crippen molar-refractivity contribution in [3.8, 4) is 0 Å². The number of ether oxygens (including phenoxy) is 1. The van der Waals surface area contributed by atoms with Crippen molar-refractivity contribution < 1.29 is 22.7 Å². The lowest BCUT2D eigenvalue weighted by molar-refractivity contribution is -0.190. The van der Waals surface area contributed by atoms with Crippen LogP contribution in [0.4, 0.5) is 13.2 Å². The molecule has 0 aliphatic carbocycles. The van der Waals surface area contributed by atoms with E-state index in [1.807, 2.05) is 0 Å². The highest BCUT2D eigenvalue weighted by atomic mass is 19.4. The van der Waals surface area contributed by atoms with E-state index in [2.05, 4.69) is 10.3 Å². The third-order valence-corrected chi connectivity index (χ3v) is 0.890. The number of rotatable bonds is 6. The van der Waals surface area contributed by atoms with Gasteiger partial charge in [0.2, 0.25) is 0 Å². The standard InChI is InChI=1S/C6H12F3NO2/c1-2-11-4-3-10-12-5-6(7,8)9/h10H,2-5H2,1H3. The summed E-state index contributed by atoms with van der Waals surface area (Å²) < 4.78 is 39.1. The molecule has 12 heavy (non-hydrogen) atoms. The zero-order valence-electron chi connectivity index (χ0n) is 6.78. The lowest BCUT2D eigenvalue weighted by Crippen LogP contribution is -2.27. The summed E-state index contributed by atoms with van der Waals surface area (Å²) in [5.74, 6) is 0. The molecule has 0 aromatic rings. The van der Waals surface area contributed by atoms with Gasteiger partial charge in [0.1, 0.15) is 0 Å². The van der Waals surface area contributed by atoms with Crippen LogP contribution < -0.4 is 5.48 Å². The van der Waals surface area contributed by atoms with Gasteiger partial charge in [0.15, 0.2) is 6.61 Å². The molecule has 1 N–H and O–H groups in total. The van der Waals surface area contributed by atoms with Crippen molar-refractivity contribution >= 4 is 0 Å². The van der Waals surface area contributed by atoms with E-state index >= 15 is 0 Å². The van der Waals surface area contributed by atoms with E-state index in [0.29, 0.717) is 13.2 Å². The third kappa shape index (κ3) is 9.67. The highest BCUT2D eigenvalue weighted by Crippen LogP contribution is 2.13. The predicted octanol–water partition coefficient (Wildman–Crippen LogP) is 1.11. The van der Waals surface area contributed by atoms with E-state index < -0.39 is 12.8 Å². The van der Waals surface area contributed by atoms with Crippen LogP contribution in [-0.4, -0.2) is 32.5 Å². The van der Waals surface area contributed by atoms with Gasteiger partial charge in [-0.1, -0.05) is 0 Å². The molecule has 0 fully saturated rings. The van der Waals surface area contributed by atoms with Gasteiger partial charge in [-0.05, 0) is 6.92 Å². The highest BCUT2D eigenvalue weighted by Gasteiger charge is 2.27. The van der Waals surface area contributed by atoms with Crippen LogP contribution in [0, 0.1) is 0 Å². The maximum absolute atomic E-state index is 11.4. The summed E-state index contributed by atoms with van der Waals surface area (Å²) >= 11 is 0. The van der Waals surface area contributed by atoms with Gasteiger partial charge in [-0.3, -0.25) is 4.84 Å². The van der Waals surface area contributed by atoms with Crippen molar-refractivity contribution in [3.63, 3.8) is 0 Å². The topological polar surface area (TPSA) is 30.5 Å². The summed E-state index contributed by atoms with van der Waals surface area (Å²) in [4.78, 5) is 4.09. The summed E-state index contributed by atoms with van der Waals surface area (Å²) in [5, 5.41) is 0. The second-order valence-corrected chi connectivity index (χ2v) is 2.00. The Hall–Kier alpha value is -0.330. The average Bonchev–Trinajstić information content (AvgIpc) is 1.94. The van der Waals surface area contributed by atoms with Gasteiger partial charge < -0.3 is 4.74 Å². The molecule has 0 heterocycles. The highest BCUT2D eigenvalue weighted by molar-refractivity contribution is 4.43. The molecule has 0 aromatic heterocycles. The Kier molecular flexibility index (Phi) is 6.04. The molecule has 0 saturated carbocycles. The Morgan fingerprint density at radius 1 is 1.33 bits per heavy atom. The molecule has 0 aliphatic rings. The smallest absolute Gasteiger partial charge is 0.380 e. The van der Waals surface area contributed by atoms with Crippen LogP contribution >= 0.6 is 0 Å².